The number of alkyl halides is 1. The molecule has 3 heterocycles. The molecule has 128 valence electrons. The van der Waals surface area contributed by atoms with Crippen molar-refractivity contribution in [2.24, 2.45) is 12.8 Å². The summed E-state index contributed by atoms with van der Waals surface area (Å²) >= 11 is 0. The first-order valence-corrected chi connectivity index (χ1v) is 7.60. The highest BCUT2D eigenvalue weighted by molar-refractivity contribution is 5.96. The number of aryl methyl sites for hydroxylation is 1. The Kier molecular flexibility index (Phi) is 4.43. The first-order valence-electron chi connectivity index (χ1n) is 7.60. The molecule has 0 bridgehead atoms. The topological polar surface area (TPSA) is 99.2 Å². The Hall–Kier alpha value is -2.55. The number of carbonyl (C=O) groups is 1. The van der Waals surface area contributed by atoms with Crippen LogP contribution in [0.15, 0.2) is 18.5 Å². The summed E-state index contributed by atoms with van der Waals surface area (Å²) in [7, 11) is 3.54. The third kappa shape index (κ3) is 3.35. The van der Waals surface area contributed by atoms with Gasteiger partial charge in [-0.25, -0.2) is 9.37 Å². The van der Waals surface area contributed by atoms with Crippen LogP contribution in [-0.4, -0.2) is 63.2 Å². The lowest BCUT2D eigenvalue weighted by atomic mass is 10.1. The maximum absolute atomic E-state index is 14.1. The summed E-state index contributed by atoms with van der Waals surface area (Å²) in [6, 6.07) is 1.54. The first kappa shape index (κ1) is 16.3. The highest BCUT2D eigenvalue weighted by atomic mass is 19.1. The van der Waals surface area contributed by atoms with Crippen LogP contribution in [0, 0.1) is 0 Å². The number of ether oxygens (including phenoxy) is 1. The van der Waals surface area contributed by atoms with Gasteiger partial charge < -0.3 is 15.4 Å². The van der Waals surface area contributed by atoms with Gasteiger partial charge in [0.15, 0.2) is 0 Å². The molecule has 2 aromatic rings. The minimum Gasteiger partial charge on any atom is -0.471 e. The van der Waals surface area contributed by atoms with Crippen molar-refractivity contribution >= 4 is 5.91 Å². The molecule has 2 aromatic heterocycles. The van der Waals surface area contributed by atoms with Crippen molar-refractivity contribution in [3.63, 3.8) is 0 Å². The highest BCUT2D eigenvalue weighted by Gasteiger charge is 2.30. The van der Waals surface area contributed by atoms with E-state index in [0.29, 0.717) is 24.2 Å². The largest absolute Gasteiger partial charge is 0.471 e. The van der Waals surface area contributed by atoms with E-state index in [9.17, 15) is 9.18 Å². The number of hydrogen-bond donors (Lipinski definition) is 1. The van der Waals surface area contributed by atoms with Crippen LogP contribution in [-0.2, 0) is 7.05 Å². The number of carbonyl (C=O) groups excluding carboxylic acids is 1. The molecule has 0 unspecified atom stereocenters. The van der Waals surface area contributed by atoms with Crippen LogP contribution in [0.2, 0.25) is 0 Å². The predicted octanol–water partition coefficient (Wildman–Crippen LogP) is 0.397. The first-order chi connectivity index (χ1) is 11.4. The zero-order valence-corrected chi connectivity index (χ0v) is 13.5. The number of amides is 1. The van der Waals surface area contributed by atoms with Crippen molar-refractivity contribution in [3.8, 4) is 17.1 Å². The second-order valence-electron chi connectivity index (χ2n) is 5.88. The molecule has 8 nitrogen and oxygen atoms in total. The van der Waals surface area contributed by atoms with E-state index in [1.165, 1.54) is 17.1 Å². The van der Waals surface area contributed by atoms with E-state index in [-0.39, 0.29) is 18.0 Å². The molecule has 9 heteroatoms. The standard InChI is InChI=1S/C15H19FN6O2/c1-21-4-3-13(11(16)8-21)24-15-10(14(17)23)5-9(6-18-15)12-7-19-22(2)20-12/h5-7,11,13H,3-4,8H2,1-2H3,(H2,17,23)/t11-,13+/m0/s1. The second-order valence-corrected chi connectivity index (χ2v) is 5.88. The molecule has 3 rings (SSSR count). The number of aromatic nitrogens is 4. The molecule has 2 N–H and O–H groups in total. The molecule has 0 radical (unpaired) electrons. The third-order valence-electron chi connectivity index (χ3n) is 3.96. The van der Waals surface area contributed by atoms with Crippen LogP contribution in [0.1, 0.15) is 16.8 Å². The number of likely N-dealkylation sites (tertiary alicyclic amines) is 1. The minimum atomic E-state index is -1.15. The second kappa shape index (κ2) is 6.52. The van der Waals surface area contributed by atoms with Gasteiger partial charge in [-0.05, 0) is 19.5 Å². The zero-order valence-electron chi connectivity index (χ0n) is 13.5. The van der Waals surface area contributed by atoms with Gasteiger partial charge in [-0.1, -0.05) is 0 Å². The van der Waals surface area contributed by atoms with E-state index in [1.807, 2.05) is 11.9 Å². The average molecular weight is 334 g/mol. The normalized spacial score (nSPS) is 21.6. The van der Waals surface area contributed by atoms with Crippen molar-refractivity contribution in [2.45, 2.75) is 18.7 Å². The Morgan fingerprint density at radius 2 is 2.21 bits per heavy atom. The van der Waals surface area contributed by atoms with Gasteiger partial charge in [-0.3, -0.25) is 4.79 Å². The maximum atomic E-state index is 14.1. The van der Waals surface area contributed by atoms with Crippen LogP contribution >= 0.6 is 0 Å². The van der Waals surface area contributed by atoms with E-state index in [1.54, 1.807) is 13.2 Å². The lowest BCUT2D eigenvalue weighted by molar-refractivity contribution is 0.0280. The summed E-state index contributed by atoms with van der Waals surface area (Å²) in [5, 5.41) is 8.13. The van der Waals surface area contributed by atoms with E-state index >= 15 is 0 Å². The van der Waals surface area contributed by atoms with Crippen molar-refractivity contribution in [1.29, 1.82) is 0 Å². The van der Waals surface area contributed by atoms with Crippen LogP contribution in [0.5, 0.6) is 5.88 Å². The monoisotopic (exact) mass is 334 g/mol. The van der Waals surface area contributed by atoms with E-state index in [0.717, 1.165) is 0 Å². The Balaban J connectivity index is 1.86. The molecule has 0 saturated carbocycles. The van der Waals surface area contributed by atoms with Crippen LogP contribution in [0.25, 0.3) is 11.3 Å². The summed E-state index contributed by atoms with van der Waals surface area (Å²) in [6.45, 7) is 1.00. The fourth-order valence-corrected chi connectivity index (χ4v) is 2.65. The van der Waals surface area contributed by atoms with Gasteiger partial charge in [0, 0.05) is 31.9 Å². The zero-order chi connectivity index (χ0) is 17.3. The van der Waals surface area contributed by atoms with Gasteiger partial charge >= 0.3 is 0 Å². The Morgan fingerprint density at radius 3 is 2.83 bits per heavy atom. The summed E-state index contributed by atoms with van der Waals surface area (Å²) in [6.07, 6.45) is 1.79. The van der Waals surface area contributed by atoms with Crippen LogP contribution < -0.4 is 10.5 Å². The molecular weight excluding hydrogens is 315 g/mol. The Bertz CT molecular complexity index is 749. The van der Waals surface area contributed by atoms with E-state index in [4.69, 9.17) is 10.5 Å². The number of halogens is 1. The average Bonchev–Trinajstić information content (AvgIpc) is 2.96. The molecule has 0 aromatic carbocycles. The predicted molar refractivity (Wildman–Crippen MR) is 84.2 cm³/mol. The van der Waals surface area contributed by atoms with Gasteiger partial charge in [0.1, 0.15) is 23.5 Å². The molecule has 1 fully saturated rings. The number of primary amides is 1. The third-order valence-corrected chi connectivity index (χ3v) is 3.96. The molecular formula is C15H19FN6O2. The lowest BCUT2D eigenvalue weighted by Gasteiger charge is -2.32. The quantitative estimate of drug-likeness (QED) is 0.869. The molecule has 1 saturated heterocycles. The summed E-state index contributed by atoms with van der Waals surface area (Å²) in [5.74, 6) is -0.640. The highest BCUT2D eigenvalue weighted by Crippen LogP contribution is 2.26. The molecule has 1 aliphatic heterocycles. The van der Waals surface area contributed by atoms with Crippen molar-refractivity contribution in [2.75, 3.05) is 20.1 Å². The summed E-state index contributed by atoms with van der Waals surface area (Å²) < 4.78 is 19.8. The molecule has 0 spiro atoms. The molecule has 1 amide bonds. The summed E-state index contributed by atoms with van der Waals surface area (Å²) in [5.41, 5.74) is 6.67. The lowest BCUT2D eigenvalue weighted by Crippen LogP contribution is -2.45. The van der Waals surface area contributed by atoms with Gasteiger partial charge in [-0.15, -0.1) is 0 Å². The minimum absolute atomic E-state index is 0.0485. The number of nitrogens with two attached hydrogens (primary N) is 1. The molecule has 1 aliphatic rings. The van der Waals surface area contributed by atoms with E-state index in [2.05, 4.69) is 15.2 Å². The number of pyridine rings is 1. The van der Waals surface area contributed by atoms with Crippen molar-refractivity contribution < 1.29 is 13.9 Å². The number of piperidine rings is 1. The fraction of sp³-hybridized carbons (Fsp3) is 0.467. The van der Waals surface area contributed by atoms with Gasteiger partial charge in [0.05, 0.1) is 6.20 Å². The summed E-state index contributed by atoms with van der Waals surface area (Å²) in [4.78, 5) is 19.2. The van der Waals surface area contributed by atoms with Crippen LogP contribution in [0.4, 0.5) is 4.39 Å². The van der Waals surface area contributed by atoms with E-state index < -0.39 is 18.2 Å². The SMILES string of the molecule is CN1CC[C@@H](Oc2ncc(-c3cnn(C)n3)cc2C(N)=O)[C@@H](F)C1. The van der Waals surface area contributed by atoms with Crippen molar-refractivity contribution in [1.82, 2.24) is 24.9 Å². The Morgan fingerprint density at radius 1 is 1.42 bits per heavy atom. The number of rotatable bonds is 4. The van der Waals surface area contributed by atoms with Gasteiger partial charge in [0.25, 0.3) is 5.91 Å². The van der Waals surface area contributed by atoms with Gasteiger partial charge in [0.2, 0.25) is 5.88 Å². The smallest absolute Gasteiger partial charge is 0.254 e. The number of hydrogen-bond acceptors (Lipinski definition) is 6. The fourth-order valence-electron chi connectivity index (χ4n) is 2.65. The molecule has 2 atom stereocenters. The number of nitrogens with zero attached hydrogens (tertiary/aromatic N) is 5. The molecule has 0 aliphatic carbocycles. The van der Waals surface area contributed by atoms with Crippen LogP contribution in [0.3, 0.4) is 0 Å². The van der Waals surface area contributed by atoms with Crippen molar-refractivity contribution in [3.05, 3.63) is 24.0 Å². The molecule has 24 heavy (non-hydrogen) atoms. The Labute approximate surface area is 138 Å². The maximum Gasteiger partial charge on any atom is 0.254 e. The van der Waals surface area contributed by atoms with Gasteiger partial charge in [-0.2, -0.15) is 15.0 Å².